The fourth-order valence-electron chi connectivity index (χ4n) is 4.07. The molecule has 0 spiro atoms. The molecule has 3 nitrogen and oxygen atoms in total. The predicted octanol–water partition coefficient (Wildman–Crippen LogP) is 1.69. The van der Waals surface area contributed by atoms with Gasteiger partial charge in [0.1, 0.15) is 12.4 Å². The number of carbonyl (C=O) groups excluding carboxylic acids is 1. The minimum atomic E-state index is -1.17. The number of carbonyl (C=O) groups is 1. The summed E-state index contributed by atoms with van der Waals surface area (Å²) in [4.78, 5) is 10.8. The molecule has 1 fully saturated rings. The molecule has 3 aromatic rings. The number of ether oxygens (including phenoxy) is 1. The van der Waals surface area contributed by atoms with Gasteiger partial charge in [-0.3, -0.25) is 0 Å². The van der Waals surface area contributed by atoms with Crippen molar-refractivity contribution in [2.75, 3.05) is 0 Å². The standard InChI is InChI=1S/C27H26O3.Na/c1-19-8-7-13-24(27(19)30-18-20-9-3-2-4-10-20)25-17-23(25)16-22-12-6-5-11-21(22)14-15-26(28)29;/h2-15,23,25H,16-18H2,1H3,(H,28,29);/q;+1/p-1/b15-14+;. The average Bonchev–Trinajstić information content (AvgIpc) is 3.51. The van der Waals surface area contributed by atoms with Crippen LogP contribution in [0.5, 0.6) is 5.75 Å². The molecule has 2 unspecified atom stereocenters. The number of para-hydroxylation sites is 1. The van der Waals surface area contributed by atoms with E-state index in [4.69, 9.17) is 4.74 Å². The maximum absolute atomic E-state index is 10.8. The first-order chi connectivity index (χ1) is 14.6. The molecule has 2 atom stereocenters. The minimum Gasteiger partial charge on any atom is -0.545 e. The van der Waals surface area contributed by atoms with Crippen LogP contribution in [0.2, 0.25) is 0 Å². The number of benzene rings is 3. The van der Waals surface area contributed by atoms with Crippen LogP contribution in [0.25, 0.3) is 6.08 Å². The maximum Gasteiger partial charge on any atom is 1.00 e. The van der Waals surface area contributed by atoms with Gasteiger partial charge in [-0.25, -0.2) is 0 Å². The summed E-state index contributed by atoms with van der Waals surface area (Å²) in [6.45, 7) is 2.66. The van der Waals surface area contributed by atoms with Crippen molar-refractivity contribution in [3.05, 3.63) is 107 Å². The van der Waals surface area contributed by atoms with E-state index < -0.39 is 5.97 Å². The van der Waals surface area contributed by atoms with Gasteiger partial charge in [0.15, 0.2) is 0 Å². The van der Waals surface area contributed by atoms with Gasteiger partial charge in [-0.15, -0.1) is 0 Å². The number of rotatable bonds is 8. The molecular formula is C27H25NaO3. The van der Waals surface area contributed by atoms with Gasteiger partial charge in [0.2, 0.25) is 0 Å². The number of hydrogen-bond acceptors (Lipinski definition) is 3. The third-order valence-electron chi connectivity index (χ3n) is 5.73. The summed E-state index contributed by atoms with van der Waals surface area (Å²) in [6.07, 6.45) is 4.76. The summed E-state index contributed by atoms with van der Waals surface area (Å²) in [5.74, 6) is 0.824. The van der Waals surface area contributed by atoms with Crippen LogP contribution in [0.15, 0.2) is 78.9 Å². The van der Waals surface area contributed by atoms with Gasteiger partial charge in [0.25, 0.3) is 0 Å². The summed E-state index contributed by atoms with van der Waals surface area (Å²) in [7, 11) is 0. The quantitative estimate of drug-likeness (QED) is 0.412. The molecule has 1 aliphatic rings. The van der Waals surface area contributed by atoms with Crippen molar-refractivity contribution in [2.45, 2.75) is 32.3 Å². The Morgan fingerprint density at radius 3 is 2.55 bits per heavy atom. The average molecular weight is 420 g/mol. The molecule has 0 aromatic heterocycles. The first-order valence-corrected chi connectivity index (χ1v) is 10.3. The van der Waals surface area contributed by atoms with Gasteiger partial charge >= 0.3 is 29.6 Å². The molecule has 0 N–H and O–H groups in total. The van der Waals surface area contributed by atoms with Crippen molar-refractivity contribution < 1.29 is 44.2 Å². The third-order valence-corrected chi connectivity index (χ3v) is 5.73. The smallest absolute Gasteiger partial charge is 0.545 e. The van der Waals surface area contributed by atoms with Crippen molar-refractivity contribution in [3.63, 3.8) is 0 Å². The molecule has 0 radical (unpaired) electrons. The van der Waals surface area contributed by atoms with Crippen LogP contribution >= 0.6 is 0 Å². The number of carboxylic acid groups (broad SMARTS) is 1. The van der Waals surface area contributed by atoms with Crippen LogP contribution in [0.1, 0.15) is 40.2 Å². The molecular weight excluding hydrogens is 395 g/mol. The Labute approximate surface area is 206 Å². The van der Waals surface area contributed by atoms with Crippen LogP contribution in [-0.4, -0.2) is 5.97 Å². The molecule has 152 valence electrons. The Balaban J connectivity index is 0.00000272. The number of carboxylic acids is 1. The second-order valence-electron chi connectivity index (χ2n) is 7.93. The summed E-state index contributed by atoms with van der Waals surface area (Å²) in [5.41, 5.74) is 5.71. The molecule has 3 aromatic carbocycles. The summed E-state index contributed by atoms with van der Waals surface area (Å²) in [5, 5.41) is 10.8. The molecule has 0 saturated heterocycles. The zero-order chi connectivity index (χ0) is 20.9. The van der Waals surface area contributed by atoms with E-state index in [0.717, 1.165) is 41.4 Å². The Kier molecular flexibility index (Phi) is 8.14. The first kappa shape index (κ1) is 23.3. The topological polar surface area (TPSA) is 49.4 Å². The zero-order valence-corrected chi connectivity index (χ0v) is 20.1. The Hall–Kier alpha value is -2.33. The van der Waals surface area contributed by atoms with Crippen LogP contribution in [-0.2, 0) is 17.8 Å². The second-order valence-corrected chi connectivity index (χ2v) is 7.93. The molecule has 0 aliphatic heterocycles. The summed E-state index contributed by atoms with van der Waals surface area (Å²) in [6, 6.07) is 24.6. The van der Waals surface area contributed by atoms with Crippen molar-refractivity contribution in [2.24, 2.45) is 5.92 Å². The van der Waals surface area contributed by atoms with Gasteiger partial charge in [-0.2, -0.15) is 0 Å². The van der Waals surface area contributed by atoms with Crippen LogP contribution in [0, 0.1) is 12.8 Å². The molecule has 31 heavy (non-hydrogen) atoms. The predicted molar refractivity (Wildman–Crippen MR) is 117 cm³/mol. The van der Waals surface area contributed by atoms with Gasteiger partial charge in [0.05, 0.1) is 5.97 Å². The molecule has 0 bridgehead atoms. The second kappa shape index (κ2) is 10.8. The van der Waals surface area contributed by atoms with E-state index in [-0.39, 0.29) is 29.6 Å². The Morgan fingerprint density at radius 1 is 1.03 bits per heavy atom. The molecule has 0 heterocycles. The molecule has 4 rings (SSSR count). The van der Waals surface area contributed by atoms with E-state index in [2.05, 4.69) is 43.3 Å². The minimum absolute atomic E-state index is 0. The normalized spacial score (nSPS) is 17.2. The van der Waals surface area contributed by atoms with Crippen molar-refractivity contribution in [1.29, 1.82) is 0 Å². The van der Waals surface area contributed by atoms with Gasteiger partial charge in [0, 0.05) is 0 Å². The summed E-state index contributed by atoms with van der Waals surface area (Å²) < 4.78 is 6.26. The zero-order valence-electron chi connectivity index (χ0n) is 18.1. The SMILES string of the molecule is Cc1cccc(C2CC2Cc2ccccc2/C=C/C(=O)[O-])c1OCc1ccccc1.[Na+]. The molecule has 4 heteroatoms. The van der Waals surface area contributed by atoms with E-state index in [9.17, 15) is 9.90 Å². The van der Waals surface area contributed by atoms with Crippen molar-refractivity contribution >= 4 is 12.0 Å². The largest absolute Gasteiger partial charge is 1.00 e. The first-order valence-electron chi connectivity index (χ1n) is 10.3. The maximum atomic E-state index is 10.8. The number of aryl methyl sites for hydroxylation is 1. The number of hydrogen-bond donors (Lipinski definition) is 0. The molecule has 1 saturated carbocycles. The van der Waals surface area contributed by atoms with Gasteiger partial charge in [-0.05, 0) is 65.5 Å². The van der Waals surface area contributed by atoms with Crippen molar-refractivity contribution in [3.8, 4) is 5.75 Å². The molecule has 1 aliphatic carbocycles. The van der Waals surface area contributed by atoms with Crippen molar-refractivity contribution in [1.82, 2.24) is 0 Å². The fourth-order valence-corrected chi connectivity index (χ4v) is 4.07. The van der Waals surface area contributed by atoms with E-state index in [0.29, 0.717) is 18.4 Å². The van der Waals surface area contributed by atoms with E-state index >= 15 is 0 Å². The van der Waals surface area contributed by atoms with E-state index in [1.807, 2.05) is 36.4 Å². The van der Waals surface area contributed by atoms with Crippen LogP contribution in [0.3, 0.4) is 0 Å². The Morgan fingerprint density at radius 2 is 1.77 bits per heavy atom. The fraction of sp³-hybridized carbons (Fsp3) is 0.222. The van der Waals surface area contributed by atoms with Gasteiger partial charge in [-0.1, -0.05) is 78.9 Å². The summed E-state index contributed by atoms with van der Waals surface area (Å²) >= 11 is 0. The van der Waals surface area contributed by atoms with Gasteiger partial charge < -0.3 is 14.6 Å². The van der Waals surface area contributed by atoms with E-state index in [1.165, 1.54) is 11.1 Å². The third kappa shape index (κ3) is 6.10. The van der Waals surface area contributed by atoms with E-state index in [1.54, 1.807) is 6.08 Å². The monoisotopic (exact) mass is 420 g/mol. The molecule has 0 amide bonds. The van der Waals surface area contributed by atoms with Crippen LogP contribution < -0.4 is 39.4 Å². The van der Waals surface area contributed by atoms with Crippen LogP contribution in [0.4, 0.5) is 0 Å². The number of aliphatic carboxylic acids is 1. The Bertz CT molecular complexity index is 1060.